The lowest BCUT2D eigenvalue weighted by Crippen LogP contribution is -2.39. The number of hydrazone groups is 1. The summed E-state index contributed by atoms with van der Waals surface area (Å²) in [7, 11) is -2.47. The van der Waals surface area contributed by atoms with Crippen LogP contribution in [0.2, 0.25) is 0 Å². The molecule has 8 nitrogen and oxygen atoms in total. The molecule has 0 atom stereocenters. The Morgan fingerprint density at radius 3 is 2.26 bits per heavy atom. The maximum Gasteiger partial charge on any atom is 0.264 e. The summed E-state index contributed by atoms with van der Waals surface area (Å²) in [5.74, 6) is 0.749. The summed E-state index contributed by atoms with van der Waals surface area (Å²) >= 11 is 0. The van der Waals surface area contributed by atoms with E-state index < -0.39 is 22.5 Å². The van der Waals surface area contributed by atoms with E-state index in [4.69, 9.17) is 9.47 Å². The molecule has 0 fully saturated rings. The van der Waals surface area contributed by atoms with Gasteiger partial charge in [-0.3, -0.25) is 9.10 Å². The Bertz CT molecular complexity index is 1210. The van der Waals surface area contributed by atoms with Crippen molar-refractivity contribution < 1.29 is 22.7 Å². The van der Waals surface area contributed by atoms with Crippen molar-refractivity contribution in [1.29, 1.82) is 0 Å². The highest BCUT2D eigenvalue weighted by Gasteiger charge is 2.27. The molecular weight excluding hydrogens is 466 g/mol. The first-order chi connectivity index (χ1) is 16.9. The number of hydrogen-bond acceptors (Lipinski definition) is 6. The van der Waals surface area contributed by atoms with Gasteiger partial charge in [0.1, 0.15) is 18.0 Å². The van der Waals surface area contributed by atoms with Crippen molar-refractivity contribution in [3.8, 4) is 11.5 Å². The number of rotatable bonds is 12. The molecule has 0 heterocycles. The number of hydrogen-bond donors (Lipinski definition) is 1. The van der Waals surface area contributed by atoms with E-state index in [1.165, 1.54) is 25.5 Å². The maximum atomic E-state index is 13.3. The first kappa shape index (κ1) is 25.8. The molecule has 0 aliphatic rings. The maximum absolute atomic E-state index is 13.3. The van der Waals surface area contributed by atoms with E-state index in [1.807, 2.05) is 24.3 Å². The SMILES string of the molecule is CCCCOc1ccc(/C=N\NC(=O)CN(c2ccc(OC)cc2)S(=O)(=O)c2ccccc2)cc1. The number of carbonyl (C=O) groups excluding carboxylic acids is 1. The van der Waals surface area contributed by atoms with Crippen LogP contribution in [0.3, 0.4) is 0 Å². The van der Waals surface area contributed by atoms with Gasteiger partial charge < -0.3 is 9.47 Å². The van der Waals surface area contributed by atoms with Gasteiger partial charge in [-0.2, -0.15) is 5.10 Å². The quantitative estimate of drug-likeness (QED) is 0.231. The van der Waals surface area contributed by atoms with Crippen molar-refractivity contribution in [2.75, 3.05) is 24.6 Å². The van der Waals surface area contributed by atoms with Crippen molar-refractivity contribution in [1.82, 2.24) is 5.43 Å². The number of anilines is 1. The molecule has 0 bridgehead atoms. The van der Waals surface area contributed by atoms with Crippen LogP contribution in [0.5, 0.6) is 11.5 Å². The Morgan fingerprint density at radius 2 is 1.63 bits per heavy atom. The van der Waals surface area contributed by atoms with Crippen LogP contribution in [0, 0.1) is 0 Å². The van der Waals surface area contributed by atoms with Crippen LogP contribution in [0.4, 0.5) is 5.69 Å². The van der Waals surface area contributed by atoms with Gasteiger partial charge in [0.25, 0.3) is 15.9 Å². The zero-order valence-electron chi connectivity index (χ0n) is 19.8. The molecule has 1 N–H and O–H groups in total. The highest BCUT2D eigenvalue weighted by molar-refractivity contribution is 7.92. The Hall–Kier alpha value is -3.85. The third-order valence-electron chi connectivity index (χ3n) is 5.03. The first-order valence-corrected chi connectivity index (χ1v) is 12.6. The molecule has 0 spiro atoms. The number of methoxy groups -OCH3 is 1. The molecule has 0 aliphatic carbocycles. The molecular formula is C26H29N3O5S. The minimum Gasteiger partial charge on any atom is -0.497 e. The fourth-order valence-corrected chi connectivity index (χ4v) is 4.55. The van der Waals surface area contributed by atoms with Crippen LogP contribution in [0.15, 0.2) is 88.9 Å². The molecule has 0 saturated carbocycles. The second-order valence-corrected chi connectivity index (χ2v) is 9.45. The van der Waals surface area contributed by atoms with E-state index in [2.05, 4.69) is 17.5 Å². The van der Waals surface area contributed by atoms with Crippen molar-refractivity contribution in [3.05, 3.63) is 84.4 Å². The van der Waals surface area contributed by atoms with Gasteiger partial charge in [-0.1, -0.05) is 31.5 Å². The Kier molecular flexibility index (Phi) is 9.25. The minimum atomic E-state index is -3.99. The predicted molar refractivity (Wildman–Crippen MR) is 137 cm³/mol. The molecule has 184 valence electrons. The molecule has 3 aromatic rings. The topological polar surface area (TPSA) is 97.3 Å². The van der Waals surface area contributed by atoms with Crippen molar-refractivity contribution in [2.45, 2.75) is 24.7 Å². The van der Waals surface area contributed by atoms with E-state index in [0.29, 0.717) is 18.0 Å². The number of carbonyl (C=O) groups is 1. The summed E-state index contributed by atoms with van der Waals surface area (Å²) < 4.78 is 38.4. The van der Waals surface area contributed by atoms with Gasteiger partial charge in [0.2, 0.25) is 0 Å². The lowest BCUT2D eigenvalue weighted by molar-refractivity contribution is -0.119. The van der Waals surface area contributed by atoms with Gasteiger partial charge >= 0.3 is 0 Å². The van der Waals surface area contributed by atoms with E-state index in [9.17, 15) is 13.2 Å². The average Bonchev–Trinajstić information content (AvgIpc) is 2.89. The molecule has 3 rings (SSSR count). The van der Waals surface area contributed by atoms with Crippen LogP contribution in [-0.4, -0.2) is 40.8 Å². The van der Waals surface area contributed by atoms with Crippen LogP contribution in [-0.2, 0) is 14.8 Å². The molecule has 0 radical (unpaired) electrons. The van der Waals surface area contributed by atoms with E-state index >= 15 is 0 Å². The second-order valence-electron chi connectivity index (χ2n) is 7.59. The number of nitrogens with one attached hydrogen (secondary N) is 1. The average molecular weight is 496 g/mol. The van der Waals surface area contributed by atoms with E-state index in [0.717, 1.165) is 28.5 Å². The minimum absolute atomic E-state index is 0.0772. The molecule has 0 unspecified atom stereocenters. The van der Waals surface area contributed by atoms with Crippen LogP contribution in [0.1, 0.15) is 25.3 Å². The monoisotopic (exact) mass is 495 g/mol. The van der Waals surface area contributed by atoms with E-state index in [1.54, 1.807) is 42.5 Å². The third kappa shape index (κ3) is 7.31. The van der Waals surface area contributed by atoms with Crippen LogP contribution in [0.25, 0.3) is 0 Å². The largest absolute Gasteiger partial charge is 0.497 e. The Morgan fingerprint density at radius 1 is 0.971 bits per heavy atom. The molecule has 9 heteroatoms. The number of unbranched alkanes of at least 4 members (excludes halogenated alkanes) is 1. The zero-order valence-corrected chi connectivity index (χ0v) is 20.6. The third-order valence-corrected chi connectivity index (χ3v) is 6.82. The van der Waals surface area contributed by atoms with Gasteiger partial charge in [-0.25, -0.2) is 13.8 Å². The molecule has 0 saturated heterocycles. The first-order valence-electron chi connectivity index (χ1n) is 11.2. The number of amides is 1. The summed E-state index contributed by atoms with van der Waals surface area (Å²) in [6.45, 7) is 2.31. The standard InChI is InChI=1S/C26H29N3O5S/c1-3-4-18-34-24-14-10-21(11-15-24)19-27-28-26(30)20-29(22-12-16-23(33-2)17-13-22)35(31,32)25-8-6-5-7-9-25/h5-17,19H,3-4,18,20H2,1-2H3,(H,28,30)/b27-19-. The smallest absolute Gasteiger partial charge is 0.264 e. The number of ether oxygens (including phenoxy) is 2. The van der Waals surface area contributed by atoms with Crippen molar-refractivity contribution >= 4 is 27.8 Å². The summed E-state index contributed by atoms with van der Waals surface area (Å²) in [6, 6.07) is 21.7. The van der Waals surface area contributed by atoms with Gasteiger partial charge in [0, 0.05) is 0 Å². The normalized spacial score (nSPS) is 11.3. The highest BCUT2D eigenvalue weighted by Crippen LogP contribution is 2.25. The molecule has 1 amide bonds. The molecule has 0 aliphatic heterocycles. The fourth-order valence-electron chi connectivity index (χ4n) is 3.11. The van der Waals surface area contributed by atoms with Crippen molar-refractivity contribution in [2.24, 2.45) is 5.10 Å². The Balaban J connectivity index is 1.70. The summed E-state index contributed by atoms with van der Waals surface area (Å²) in [5.41, 5.74) is 3.49. The van der Waals surface area contributed by atoms with Crippen molar-refractivity contribution in [3.63, 3.8) is 0 Å². The van der Waals surface area contributed by atoms with Gasteiger partial charge in [-0.15, -0.1) is 0 Å². The van der Waals surface area contributed by atoms with Crippen LogP contribution >= 0.6 is 0 Å². The number of benzene rings is 3. The Labute approximate surface area is 206 Å². The zero-order chi connectivity index (χ0) is 25.1. The van der Waals surface area contributed by atoms with Gasteiger partial charge in [0.15, 0.2) is 0 Å². The summed E-state index contributed by atoms with van der Waals surface area (Å²) in [5, 5.41) is 3.97. The highest BCUT2D eigenvalue weighted by atomic mass is 32.2. The molecule has 35 heavy (non-hydrogen) atoms. The molecule has 3 aromatic carbocycles. The van der Waals surface area contributed by atoms with E-state index in [-0.39, 0.29) is 4.90 Å². The van der Waals surface area contributed by atoms with Gasteiger partial charge in [-0.05, 0) is 72.6 Å². The van der Waals surface area contributed by atoms with Gasteiger partial charge in [0.05, 0.1) is 30.5 Å². The summed E-state index contributed by atoms with van der Waals surface area (Å²) in [6.07, 6.45) is 3.53. The van der Waals surface area contributed by atoms with Crippen LogP contribution < -0.4 is 19.2 Å². The second kappa shape index (κ2) is 12.6. The number of sulfonamides is 1. The lowest BCUT2D eigenvalue weighted by Gasteiger charge is -2.23. The molecule has 0 aromatic heterocycles. The fraction of sp³-hybridized carbons (Fsp3) is 0.231. The predicted octanol–water partition coefficient (Wildman–Crippen LogP) is 4.22. The summed E-state index contributed by atoms with van der Waals surface area (Å²) in [4.78, 5) is 12.7. The lowest BCUT2D eigenvalue weighted by atomic mass is 10.2. The number of nitrogens with zero attached hydrogens (tertiary/aromatic N) is 2.